The molecule has 2 aromatic carbocycles. The van der Waals surface area contributed by atoms with Gasteiger partial charge < -0.3 is 5.32 Å². The van der Waals surface area contributed by atoms with Crippen LogP contribution >= 0.6 is 0 Å². The first-order valence-electron chi connectivity index (χ1n) is 11.4. The molecule has 176 valence electrons. The van der Waals surface area contributed by atoms with Crippen LogP contribution in [0.1, 0.15) is 42.7 Å². The van der Waals surface area contributed by atoms with Crippen LogP contribution in [-0.4, -0.2) is 22.4 Å². The Balaban J connectivity index is 1.56. The summed E-state index contributed by atoms with van der Waals surface area (Å²) in [6.07, 6.45) is 4.21. The summed E-state index contributed by atoms with van der Waals surface area (Å²) in [5.41, 5.74) is 3.13. The van der Waals surface area contributed by atoms with E-state index in [-0.39, 0.29) is 23.0 Å². The summed E-state index contributed by atoms with van der Waals surface area (Å²) in [7, 11) is 0. The molecule has 3 atom stereocenters. The highest BCUT2D eigenvalue weighted by Gasteiger charge is 2.45. The summed E-state index contributed by atoms with van der Waals surface area (Å²) in [6, 6.07) is 16.4. The number of anilines is 1. The van der Waals surface area contributed by atoms with Crippen LogP contribution in [0.15, 0.2) is 89.3 Å². The molecule has 7 heteroatoms. The number of fused-ring (bicyclic) bond motifs is 1. The number of carbonyl (C=O) groups excluding carboxylic acids is 2. The summed E-state index contributed by atoms with van der Waals surface area (Å²) in [6.45, 7) is 1.72. The lowest BCUT2D eigenvalue weighted by Gasteiger charge is -2.38. The van der Waals surface area contributed by atoms with Gasteiger partial charge in [0.1, 0.15) is 17.4 Å². The molecule has 5 rings (SSSR count). The molecule has 1 aliphatic carbocycles. The van der Waals surface area contributed by atoms with Crippen molar-refractivity contribution in [2.24, 2.45) is 10.9 Å². The van der Waals surface area contributed by atoms with E-state index >= 15 is 0 Å². The second-order valence-corrected chi connectivity index (χ2v) is 8.90. The van der Waals surface area contributed by atoms with Crippen molar-refractivity contribution < 1.29 is 18.4 Å². The molecule has 1 aliphatic heterocycles. The van der Waals surface area contributed by atoms with Crippen LogP contribution in [0.25, 0.3) is 0 Å². The van der Waals surface area contributed by atoms with Crippen molar-refractivity contribution in [3.63, 3.8) is 0 Å². The highest BCUT2D eigenvalue weighted by molar-refractivity contribution is 6.14. The van der Waals surface area contributed by atoms with Gasteiger partial charge in [-0.25, -0.2) is 8.78 Å². The number of Topliss-reactive ketones (excluding diaryl/α,β-unsaturated/α-hetero) is 1. The average Bonchev–Trinajstić information content (AvgIpc) is 2.85. The topological polar surface area (TPSA) is 71.4 Å². The van der Waals surface area contributed by atoms with Crippen LogP contribution in [0.4, 0.5) is 14.5 Å². The first-order chi connectivity index (χ1) is 16.9. The van der Waals surface area contributed by atoms with E-state index in [2.05, 4.69) is 10.3 Å². The van der Waals surface area contributed by atoms with Gasteiger partial charge in [0.25, 0.3) is 5.91 Å². The van der Waals surface area contributed by atoms with Crippen molar-refractivity contribution in [2.75, 3.05) is 5.32 Å². The molecule has 35 heavy (non-hydrogen) atoms. The van der Waals surface area contributed by atoms with Crippen molar-refractivity contribution in [3.8, 4) is 0 Å². The van der Waals surface area contributed by atoms with E-state index in [4.69, 9.17) is 4.99 Å². The molecule has 0 saturated heterocycles. The first kappa shape index (κ1) is 22.8. The molecule has 1 saturated carbocycles. The van der Waals surface area contributed by atoms with E-state index in [0.29, 0.717) is 30.2 Å². The van der Waals surface area contributed by atoms with E-state index < -0.39 is 29.4 Å². The Hall–Kier alpha value is -4.00. The number of aromatic nitrogens is 1. The number of pyridine rings is 1. The number of nitrogens with one attached hydrogen (secondary N) is 1. The molecule has 1 amide bonds. The molecule has 2 aliphatic rings. The molecular weight excluding hydrogens is 448 g/mol. The first-order valence-corrected chi connectivity index (χ1v) is 11.4. The number of allylic oxidation sites excluding steroid dienone is 1. The van der Waals surface area contributed by atoms with Gasteiger partial charge in [-0.3, -0.25) is 19.6 Å². The zero-order chi connectivity index (χ0) is 24.5. The highest BCUT2D eigenvalue weighted by atomic mass is 19.1. The van der Waals surface area contributed by atoms with Gasteiger partial charge in [-0.15, -0.1) is 0 Å². The third-order valence-corrected chi connectivity index (χ3v) is 6.69. The number of amides is 1. The lowest BCUT2D eigenvalue weighted by molar-refractivity contribution is -0.122. The second-order valence-electron chi connectivity index (χ2n) is 8.90. The fourth-order valence-electron chi connectivity index (χ4n) is 5.13. The Morgan fingerprint density at radius 2 is 1.74 bits per heavy atom. The monoisotopic (exact) mass is 471 g/mol. The minimum absolute atomic E-state index is 0.00321. The zero-order valence-corrected chi connectivity index (χ0v) is 19.0. The quantitative estimate of drug-likeness (QED) is 0.541. The Morgan fingerprint density at radius 1 is 0.971 bits per heavy atom. The maximum Gasteiger partial charge on any atom is 0.254 e. The summed E-state index contributed by atoms with van der Waals surface area (Å²) in [5, 5.41) is 2.54. The summed E-state index contributed by atoms with van der Waals surface area (Å²) >= 11 is 0. The minimum Gasteiger partial charge on any atom is -0.320 e. The number of hydrogen-bond donors (Lipinski definition) is 1. The Labute approximate surface area is 201 Å². The predicted molar refractivity (Wildman–Crippen MR) is 129 cm³/mol. The van der Waals surface area contributed by atoms with Gasteiger partial charge in [-0.1, -0.05) is 36.4 Å². The van der Waals surface area contributed by atoms with Gasteiger partial charge in [0.05, 0.1) is 11.6 Å². The SMILES string of the molecule is CC1=C(C(=O)Nc2ccc(F)cc2F)[C@H](c2cccnc2)[C@@H]2C(=O)C[C@@H](c3ccccc3)CC2=N1. The van der Waals surface area contributed by atoms with Crippen LogP contribution in [0, 0.1) is 17.6 Å². The average molecular weight is 472 g/mol. The Morgan fingerprint density at radius 3 is 2.46 bits per heavy atom. The minimum atomic E-state index is -0.881. The number of hydrogen-bond acceptors (Lipinski definition) is 4. The summed E-state index contributed by atoms with van der Waals surface area (Å²) in [5.74, 6) is -3.40. The van der Waals surface area contributed by atoms with Gasteiger partial charge in [-0.2, -0.15) is 0 Å². The molecule has 0 unspecified atom stereocenters. The molecule has 3 aromatic rings. The number of rotatable bonds is 4. The third kappa shape index (κ3) is 4.41. The fraction of sp³-hybridized carbons (Fsp3) is 0.214. The predicted octanol–water partition coefficient (Wildman–Crippen LogP) is 5.57. The Bertz CT molecular complexity index is 1350. The van der Waals surface area contributed by atoms with E-state index in [1.165, 1.54) is 6.07 Å². The number of carbonyl (C=O) groups is 2. The van der Waals surface area contributed by atoms with Gasteiger partial charge in [0.2, 0.25) is 0 Å². The maximum absolute atomic E-state index is 14.3. The largest absolute Gasteiger partial charge is 0.320 e. The van der Waals surface area contributed by atoms with Crippen molar-refractivity contribution in [1.82, 2.24) is 4.98 Å². The van der Waals surface area contributed by atoms with Crippen LogP contribution in [0.3, 0.4) is 0 Å². The van der Waals surface area contributed by atoms with E-state index in [0.717, 1.165) is 17.3 Å². The summed E-state index contributed by atoms with van der Waals surface area (Å²) < 4.78 is 27.6. The second kappa shape index (κ2) is 9.33. The van der Waals surface area contributed by atoms with Crippen LogP contribution in [-0.2, 0) is 9.59 Å². The Kier molecular flexibility index (Phi) is 6.07. The maximum atomic E-state index is 14.3. The smallest absolute Gasteiger partial charge is 0.254 e. The van der Waals surface area contributed by atoms with Crippen molar-refractivity contribution in [1.29, 1.82) is 0 Å². The highest BCUT2D eigenvalue weighted by Crippen LogP contribution is 2.45. The van der Waals surface area contributed by atoms with Gasteiger partial charge in [0, 0.05) is 47.8 Å². The molecule has 2 heterocycles. The third-order valence-electron chi connectivity index (χ3n) is 6.69. The van der Waals surface area contributed by atoms with Crippen molar-refractivity contribution in [3.05, 3.63) is 107 Å². The number of benzene rings is 2. The molecule has 5 nitrogen and oxygen atoms in total. The van der Waals surface area contributed by atoms with E-state index in [9.17, 15) is 18.4 Å². The zero-order valence-electron chi connectivity index (χ0n) is 19.0. The summed E-state index contributed by atoms with van der Waals surface area (Å²) in [4.78, 5) is 35.9. The van der Waals surface area contributed by atoms with Crippen LogP contribution in [0.5, 0.6) is 0 Å². The number of aliphatic imine (C=N–C) groups is 1. The van der Waals surface area contributed by atoms with Crippen molar-refractivity contribution >= 4 is 23.1 Å². The van der Waals surface area contributed by atoms with E-state index in [1.54, 1.807) is 25.4 Å². The lowest BCUT2D eigenvalue weighted by Crippen LogP contribution is -2.41. The number of ketones is 1. The van der Waals surface area contributed by atoms with Gasteiger partial charge >= 0.3 is 0 Å². The fourth-order valence-corrected chi connectivity index (χ4v) is 5.13. The van der Waals surface area contributed by atoms with Crippen LogP contribution in [0.2, 0.25) is 0 Å². The normalized spacial score (nSPS) is 21.9. The molecule has 0 spiro atoms. The molecule has 0 radical (unpaired) electrons. The lowest BCUT2D eigenvalue weighted by atomic mass is 9.66. The van der Waals surface area contributed by atoms with Crippen molar-refractivity contribution in [2.45, 2.75) is 31.6 Å². The van der Waals surface area contributed by atoms with E-state index in [1.807, 2.05) is 36.4 Å². The van der Waals surface area contributed by atoms with Gasteiger partial charge in [0.15, 0.2) is 0 Å². The standard InChI is InChI=1S/C28H23F2N3O2/c1-16-25(28(35)33-22-10-9-20(29)14-21(22)30)26(18-8-5-11-31-15-18)27-23(32-16)12-19(13-24(27)34)17-6-3-2-4-7-17/h2-11,14-15,19,26-27H,12-13H2,1H3,(H,33,35)/t19-,26-,27-/m0/s1. The molecule has 1 N–H and O–H groups in total. The molecule has 1 fully saturated rings. The number of nitrogens with zero attached hydrogens (tertiary/aromatic N) is 2. The van der Waals surface area contributed by atoms with Gasteiger partial charge in [-0.05, 0) is 48.6 Å². The molecule has 0 bridgehead atoms. The number of halogens is 2. The molecular formula is C28H23F2N3O2. The van der Waals surface area contributed by atoms with Crippen LogP contribution < -0.4 is 5.32 Å². The molecule has 1 aromatic heterocycles.